The molecule has 0 saturated heterocycles. The first-order chi connectivity index (χ1) is 4.79. The summed E-state index contributed by atoms with van der Waals surface area (Å²) in [5.74, 6) is 0. The SMILES string of the molecule is O=c1ccc(=O)oooo1. The van der Waals surface area contributed by atoms with Crippen LogP contribution in [0.25, 0.3) is 0 Å². The van der Waals surface area contributed by atoms with E-state index < -0.39 is 11.3 Å². The lowest BCUT2D eigenvalue weighted by atomic mass is 10.6. The second-order valence-corrected chi connectivity index (χ2v) is 1.27. The summed E-state index contributed by atoms with van der Waals surface area (Å²) < 4.78 is 14.8. The number of hydrogen-bond acceptors (Lipinski definition) is 6. The summed E-state index contributed by atoms with van der Waals surface area (Å²) in [5.41, 5.74) is -1.70. The summed E-state index contributed by atoms with van der Waals surface area (Å²) in [6, 6.07) is 1.68. The normalized spacial score (nSPS) is 8.80. The average molecular weight is 146 g/mol. The van der Waals surface area contributed by atoms with Crippen LogP contribution in [0.2, 0.25) is 0 Å². The number of rotatable bonds is 0. The molecule has 0 aliphatic carbocycles. The molecular weight excluding hydrogens is 144 g/mol. The molecule has 0 aliphatic heterocycles. The molecule has 54 valence electrons. The van der Waals surface area contributed by atoms with Crippen LogP contribution in [-0.4, -0.2) is 0 Å². The van der Waals surface area contributed by atoms with E-state index in [4.69, 9.17) is 0 Å². The third kappa shape index (κ3) is 1.66. The van der Waals surface area contributed by atoms with Crippen LogP contribution < -0.4 is 11.3 Å². The van der Waals surface area contributed by atoms with Crippen LogP contribution in [-0.2, 0) is 0 Å². The molecule has 0 saturated carbocycles. The zero-order valence-corrected chi connectivity index (χ0v) is 4.60. The van der Waals surface area contributed by atoms with Crippen molar-refractivity contribution >= 4 is 0 Å². The standard InChI is InChI=1S/C4H2O6/c5-3-1-2-4(6)8-10-9-7-3/h1-2H. The molecule has 0 radical (unpaired) electrons. The lowest BCUT2D eigenvalue weighted by Gasteiger charge is -1.69. The highest BCUT2D eigenvalue weighted by Crippen LogP contribution is 1.68. The van der Waals surface area contributed by atoms with Crippen LogP contribution in [0, 0.1) is 0 Å². The van der Waals surface area contributed by atoms with Crippen LogP contribution in [0.15, 0.2) is 40.3 Å². The first kappa shape index (κ1) is 6.40. The van der Waals surface area contributed by atoms with Crippen LogP contribution in [0.3, 0.4) is 0 Å². The van der Waals surface area contributed by atoms with Gasteiger partial charge < -0.3 is 0 Å². The predicted molar refractivity (Wildman–Crippen MR) is 25.7 cm³/mol. The van der Waals surface area contributed by atoms with Crippen molar-refractivity contribution in [3.05, 3.63) is 33.0 Å². The maximum Gasteiger partial charge on any atom is 0.383 e. The maximum absolute atomic E-state index is 10.3. The smallest absolute Gasteiger partial charge is 0.242 e. The molecule has 0 aromatic carbocycles. The van der Waals surface area contributed by atoms with Crippen molar-refractivity contribution in [2.24, 2.45) is 0 Å². The van der Waals surface area contributed by atoms with Gasteiger partial charge in [0.2, 0.25) is 0 Å². The molecular formula is C4H2O6. The van der Waals surface area contributed by atoms with Crippen LogP contribution in [0.4, 0.5) is 0 Å². The van der Waals surface area contributed by atoms with Gasteiger partial charge in [0.25, 0.3) is 0 Å². The Balaban J connectivity index is 3.44. The van der Waals surface area contributed by atoms with E-state index in [1.54, 1.807) is 0 Å². The third-order valence-corrected chi connectivity index (χ3v) is 0.616. The van der Waals surface area contributed by atoms with E-state index in [1.165, 1.54) is 0 Å². The minimum Gasteiger partial charge on any atom is -0.242 e. The Labute approximate surface area is 52.8 Å². The summed E-state index contributed by atoms with van der Waals surface area (Å²) in [6.07, 6.45) is 0. The molecule has 0 amide bonds. The summed E-state index contributed by atoms with van der Waals surface area (Å²) in [7, 11) is 0. The van der Waals surface area contributed by atoms with E-state index in [0.717, 1.165) is 12.1 Å². The van der Waals surface area contributed by atoms with Gasteiger partial charge in [-0.05, 0) is 9.47 Å². The van der Waals surface area contributed by atoms with Gasteiger partial charge in [-0.15, -0.1) is 0 Å². The highest BCUT2D eigenvalue weighted by molar-refractivity contribution is 4.76. The van der Waals surface area contributed by atoms with Gasteiger partial charge in [-0.25, -0.2) is 18.7 Å². The maximum atomic E-state index is 10.3. The first-order valence-electron chi connectivity index (χ1n) is 2.23. The fourth-order valence-corrected chi connectivity index (χ4v) is 0.286. The highest BCUT2D eigenvalue weighted by atomic mass is 17.4. The first-order valence-corrected chi connectivity index (χ1v) is 2.23. The Morgan fingerprint density at radius 3 is 1.70 bits per heavy atom. The molecule has 6 heteroatoms. The molecule has 6 nitrogen and oxygen atoms in total. The zero-order chi connectivity index (χ0) is 7.40. The Kier molecular flexibility index (Phi) is 1.74. The van der Waals surface area contributed by atoms with Crippen molar-refractivity contribution in [3.63, 3.8) is 0 Å². The Hall–Kier alpha value is -1.72. The van der Waals surface area contributed by atoms with Gasteiger partial charge in [0.1, 0.15) is 0 Å². The fraction of sp³-hybridized carbons (Fsp3) is 0. The summed E-state index contributed by atoms with van der Waals surface area (Å²) >= 11 is 0. The minimum absolute atomic E-state index is 0.838. The van der Waals surface area contributed by atoms with Crippen molar-refractivity contribution in [2.75, 3.05) is 0 Å². The lowest BCUT2D eigenvalue weighted by Crippen LogP contribution is -1.97. The van der Waals surface area contributed by atoms with Crippen LogP contribution >= 0.6 is 0 Å². The van der Waals surface area contributed by atoms with E-state index in [2.05, 4.69) is 18.6 Å². The lowest BCUT2D eigenvalue weighted by molar-refractivity contribution is -0.306. The molecule has 0 N–H and O–H groups in total. The molecule has 0 bridgehead atoms. The van der Waals surface area contributed by atoms with Gasteiger partial charge in [-0.3, -0.25) is 0 Å². The highest BCUT2D eigenvalue weighted by Gasteiger charge is 1.82. The van der Waals surface area contributed by atoms with E-state index in [9.17, 15) is 9.59 Å². The Morgan fingerprint density at radius 1 is 0.900 bits per heavy atom. The molecule has 10 heavy (non-hydrogen) atoms. The van der Waals surface area contributed by atoms with E-state index in [-0.39, 0.29) is 0 Å². The van der Waals surface area contributed by atoms with Gasteiger partial charge in [-0.2, -0.15) is 0 Å². The van der Waals surface area contributed by atoms with Crippen molar-refractivity contribution in [2.45, 2.75) is 0 Å². The Morgan fingerprint density at radius 2 is 1.30 bits per heavy atom. The molecule has 0 aliphatic rings. The average Bonchev–Trinajstić information content (AvgIpc) is 1.90. The fourth-order valence-electron chi connectivity index (χ4n) is 0.286. The van der Waals surface area contributed by atoms with Gasteiger partial charge in [0, 0.05) is 12.1 Å². The van der Waals surface area contributed by atoms with Crippen LogP contribution in [0.1, 0.15) is 0 Å². The van der Waals surface area contributed by atoms with Crippen molar-refractivity contribution in [1.82, 2.24) is 0 Å². The molecule has 0 fully saturated rings. The predicted octanol–water partition coefficient (Wildman–Crippen LogP) is -0.0966. The minimum atomic E-state index is -0.850. The Bertz CT molecular complexity index is 299. The third-order valence-electron chi connectivity index (χ3n) is 0.616. The topological polar surface area (TPSA) is 86.7 Å². The summed E-state index contributed by atoms with van der Waals surface area (Å²) in [4.78, 5) is 20.5. The molecule has 1 rings (SSSR count). The molecule has 1 aromatic rings. The second kappa shape index (κ2) is 2.72. The second-order valence-electron chi connectivity index (χ2n) is 1.27. The van der Waals surface area contributed by atoms with Crippen molar-refractivity contribution < 1.29 is 18.6 Å². The molecule has 1 aromatic heterocycles. The van der Waals surface area contributed by atoms with Crippen molar-refractivity contribution in [3.8, 4) is 0 Å². The molecule has 0 atom stereocenters. The van der Waals surface area contributed by atoms with E-state index in [0.29, 0.717) is 0 Å². The van der Waals surface area contributed by atoms with E-state index >= 15 is 0 Å². The molecule has 0 spiro atoms. The molecule has 0 unspecified atom stereocenters. The largest absolute Gasteiger partial charge is 0.383 e. The van der Waals surface area contributed by atoms with Gasteiger partial charge in [-0.1, -0.05) is 0 Å². The van der Waals surface area contributed by atoms with Gasteiger partial charge >= 0.3 is 11.3 Å². The number of hydrogen-bond donors (Lipinski definition) is 0. The quantitative estimate of drug-likeness (QED) is 0.475. The van der Waals surface area contributed by atoms with Gasteiger partial charge in [0.15, 0.2) is 0 Å². The van der Waals surface area contributed by atoms with Gasteiger partial charge in [0.05, 0.1) is 0 Å². The van der Waals surface area contributed by atoms with Crippen LogP contribution in [0.5, 0.6) is 0 Å². The summed E-state index contributed by atoms with van der Waals surface area (Å²) in [6.45, 7) is 0. The summed E-state index contributed by atoms with van der Waals surface area (Å²) in [5, 5.41) is 0. The van der Waals surface area contributed by atoms with Crippen molar-refractivity contribution in [1.29, 1.82) is 0 Å². The van der Waals surface area contributed by atoms with E-state index in [1.807, 2.05) is 0 Å². The molecule has 1 heterocycles. The zero-order valence-electron chi connectivity index (χ0n) is 4.60. The monoisotopic (exact) mass is 146 g/mol.